The second kappa shape index (κ2) is 6.29. The van der Waals surface area contributed by atoms with Crippen molar-refractivity contribution < 1.29 is 4.57 Å². The van der Waals surface area contributed by atoms with Crippen molar-refractivity contribution in [1.82, 2.24) is 0 Å². The van der Waals surface area contributed by atoms with Gasteiger partial charge in [0.15, 0.2) is 6.20 Å². The van der Waals surface area contributed by atoms with Crippen LogP contribution in [0, 0.1) is 12.3 Å². The average molecular weight is 379 g/mol. The zero-order chi connectivity index (χ0) is 20.3. The number of benzene rings is 3. The number of hydrogen-bond acceptors (Lipinski definition) is 0. The van der Waals surface area contributed by atoms with E-state index < -0.39 is 0 Å². The molecule has 0 spiro atoms. The monoisotopic (exact) mass is 378 g/mol. The highest BCUT2D eigenvalue weighted by molar-refractivity contribution is 6.12. The molecule has 1 heteroatoms. The van der Waals surface area contributed by atoms with E-state index in [2.05, 4.69) is 106 Å². The standard InChI is InChI=1S/C28H28N/c1-18-10-8-14-23-21-11-6-7-12-22(21)24-15-9-13-20-19(16-28(2,3)4)17-29(5)27(25(18)23)26(20)24/h6-15,17H,16H2,1-5H3/q+1. The first-order chi connectivity index (χ1) is 13.8. The van der Waals surface area contributed by atoms with Crippen molar-refractivity contribution in [3.63, 3.8) is 0 Å². The van der Waals surface area contributed by atoms with Gasteiger partial charge < -0.3 is 0 Å². The smallest absolute Gasteiger partial charge is 0.200 e. The molecule has 0 N–H and O–H groups in total. The summed E-state index contributed by atoms with van der Waals surface area (Å²) in [5, 5.41) is 2.77. The lowest BCUT2D eigenvalue weighted by molar-refractivity contribution is -0.659. The lowest BCUT2D eigenvalue weighted by atomic mass is 9.85. The second-order valence-electron chi connectivity index (χ2n) is 9.62. The molecule has 0 unspecified atom stereocenters. The Hall–Kier alpha value is -2.93. The van der Waals surface area contributed by atoms with Gasteiger partial charge in [-0.15, -0.1) is 0 Å². The molecule has 1 aromatic heterocycles. The summed E-state index contributed by atoms with van der Waals surface area (Å²) in [5.74, 6) is 0. The highest BCUT2D eigenvalue weighted by Gasteiger charge is 2.30. The minimum atomic E-state index is 0.239. The van der Waals surface area contributed by atoms with Crippen molar-refractivity contribution in [1.29, 1.82) is 0 Å². The van der Waals surface area contributed by atoms with E-state index in [1.165, 1.54) is 55.4 Å². The number of pyridine rings is 1. The Kier molecular flexibility index (Phi) is 3.93. The van der Waals surface area contributed by atoms with E-state index >= 15 is 0 Å². The fourth-order valence-electron chi connectivity index (χ4n) is 5.02. The quantitative estimate of drug-likeness (QED) is 0.280. The van der Waals surface area contributed by atoms with Gasteiger partial charge in [-0.3, -0.25) is 0 Å². The summed E-state index contributed by atoms with van der Waals surface area (Å²) in [6, 6.07) is 22.4. The number of nitrogens with zero attached hydrogens (tertiary/aromatic N) is 1. The van der Waals surface area contributed by atoms with Crippen LogP contribution in [0.15, 0.2) is 66.9 Å². The van der Waals surface area contributed by atoms with E-state index in [4.69, 9.17) is 0 Å². The largest absolute Gasteiger partial charge is 0.221 e. The predicted octanol–water partition coefficient (Wildman–Crippen LogP) is 6.88. The maximum Gasteiger partial charge on any atom is 0.221 e. The van der Waals surface area contributed by atoms with Crippen LogP contribution >= 0.6 is 0 Å². The molecule has 5 rings (SSSR count). The van der Waals surface area contributed by atoms with Crippen LogP contribution in [-0.4, -0.2) is 0 Å². The third-order valence-corrected chi connectivity index (χ3v) is 6.09. The van der Waals surface area contributed by atoms with Crippen molar-refractivity contribution in [3.05, 3.63) is 78.0 Å². The molecule has 0 bridgehead atoms. The summed E-state index contributed by atoms with van der Waals surface area (Å²) in [6.07, 6.45) is 3.42. The van der Waals surface area contributed by atoms with Gasteiger partial charge in [0.05, 0.1) is 10.9 Å². The second-order valence-corrected chi connectivity index (χ2v) is 9.62. The zero-order valence-corrected chi connectivity index (χ0v) is 18.0. The Morgan fingerprint density at radius 2 is 1.38 bits per heavy atom. The third kappa shape index (κ3) is 2.80. The van der Waals surface area contributed by atoms with Gasteiger partial charge in [0.1, 0.15) is 7.05 Å². The molecule has 1 aliphatic rings. The molecule has 1 aliphatic carbocycles. The number of aryl methyl sites for hydroxylation is 2. The van der Waals surface area contributed by atoms with Gasteiger partial charge >= 0.3 is 0 Å². The molecule has 0 aliphatic heterocycles. The van der Waals surface area contributed by atoms with Crippen molar-refractivity contribution in [3.8, 4) is 33.5 Å². The molecule has 3 aromatic carbocycles. The lowest BCUT2D eigenvalue weighted by Gasteiger charge is -2.20. The number of hydrogen-bond donors (Lipinski definition) is 0. The normalized spacial score (nSPS) is 12.4. The molecular weight excluding hydrogens is 350 g/mol. The minimum absolute atomic E-state index is 0.239. The first-order valence-electron chi connectivity index (χ1n) is 10.5. The molecule has 1 heterocycles. The molecule has 4 aromatic rings. The van der Waals surface area contributed by atoms with Crippen LogP contribution in [-0.2, 0) is 13.5 Å². The summed E-state index contributed by atoms with van der Waals surface area (Å²) >= 11 is 0. The molecule has 144 valence electrons. The van der Waals surface area contributed by atoms with Crippen LogP contribution in [0.1, 0.15) is 31.9 Å². The van der Waals surface area contributed by atoms with Crippen LogP contribution in [0.2, 0.25) is 0 Å². The fourth-order valence-corrected chi connectivity index (χ4v) is 5.02. The first kappa shape index (κ1) is 18.1. The Bertz CT molecular complexity index is 1270. The van der Waals surface area contributed by atoms with E-state index in [1.54, 1.807) is 0 Å². The molecule has 0 saturated heterocycles. The maximum absolute atomic E-state index is 2.37. The van der Waals surface area contributed by atoms with Gasteiger partial charge in [-0.25, -0.2) is 4.57 Å². The number of fused-ring (bicyclic) bond motifs is 5. The SMILES string of the molecule is Cc1cccc2c1-c1c3c(cccc3c(CC(C)(C)C)c[n+]1C)-c1ccccc1-2. The van der Waals surface area contributed by atoms with E-state index in [0.29, 0.717) is 0 Å². The molecule has 0 amide bonds. The van der Waals surface area contributed by atoms with Crippen LogP contribution in [0.5, 0.6) is 0 Å². The van der Waals surface area contributed by atoms with Gasteiger partial charge in [0.25, 0.3) is 0 Å². The average Bonchev–Trinajstić information content (AvgIpc) is 2.80. The Balaban J connectivity index is 2.02. The van der Waals surface area contributed by atoms with Gasteiger partial charge in [0.2, 0.25) is 5.69 Å². The topological polar surface area (TPSA) is 3.88 Å². The number of rotatable bonds is 1. The highest BCUT2D eigenvalue weighted by atomic mass is 14.9. The molecule has 29 heavy (non-hydrogen) atoms. The Morgan fingerprint density at radius 3 is 2.10 bits per heavy atom. The zero-order valence-electron chi connectivity index (χ0n) is 18.0. The summed E-state index contributed by atoms with van der Waals surface area (Å²) in [4.78, 5) is 0. The first-order valence-corrected chi connectivity index (χ1v) is 10.5. The van der Waals surface area contributed by atoms with Crippen molar-refractivity contribution >= 4 is 10.8 Å². The molecule has 0 fully saturated rings. The Labute approximate surface area is 173 Å². The Morgan fingerprint density at radius 1 is 0.759 bits per heavy atom. The molecule has 0 atom stereocenters. The summed E-state index contributed by atoms with van der Waals surface area (Å²) in [6.45, 7) is 9.21. The van der Waals surface area contributed by atoms with Gasteiger partial charge in [-0.1, -0.05) is 81.4 Å². The highest BCUT2D eigenvalue weighted by Crippen LogP contribution is 2.47. The summed E-state index contributed by atoms with van der Waals surface area (Å²) in [5.41, 5.74) is 11.0. The van der Waals surface area contributed by atoms with Crippen LogP contribution in [0.25, 0.3) is 44.3 Å². The fraction of sp³-hybridized carbons (Fsp3) is 0.250. The van der Waals surface area contributed by atoms with Crippen molar-refractivity contribution in [2.45, 2.75) is 34.1 Å². The van der Waals surface area contributed by atoms with Gasteiger partial charge in [-0.05, 0) is 52.0 Å². The number of aromatic nitrogens is 1. The third-order valence-electron chi connectivity index (χ3n) is 6.09. The predicted molar refractivity (Wildman–Crippen MR) is 123 cm³/mol. The molecular formula is C28H28N+. The van der Waals surface area contributed by atoms with Crippen LogP contribution in [0.4, 0.5) is 0 Å². The van der Waals surface area contributed by atoms with E-state index in [9.17, 15) is 0 Å². The summed E-state index contributed by atoms with van der Waals surface area (Å²) in [7, 11) is 2.21. The maximum atomic E-state index is 2.37. The summed E-state index contributed by atoms with van der Waals surface area (Å²) < 4.78 is 2.37. The molecule has 0 saturated carbocycles. The lowest BCUT2D eigenvalue weighted by Crippen LogP contribution is -2.33. The minimum Gasteiger partial charge on any atom is -0.200 e. The van der Waals surface area contributed by atoms with E-state index in [1.807, 2.05) is 0 Å². The van der Waals surface area contributed by atoms with Gasteiger partial charge in [0, 0.05) is 5.56 Å². The molecule has 0 radical (unpaired) electrons. The van der Waals surface area contributed by atoms with Crippen LogP contribution in [0.3, 0.4) is 0 Å². The van der Waals surface area contributed by atoms with Crippen LogP contribution < -0.4 is 4.57 Å². The van der Waals surface area contributed by atoms with Gasteiger partial charge in [-0.2, -0.15) is 0 Å². The van der Waals surface area contributed by atoms with E-state index in [-0.39, 0.29) is 5.41 Å². The van der Waals surface area contributed by atoms with E-state index in [0.717, 1.165) is 6.42 Å². The molecule has 1 nitrogen and oxygen atoms in total. The van der Waals surface area contributed by atoms with Crippen molar-refractivity contribution in [2.75, 3.05) is 0 Å². The van der Waals surface area contributed by atoms with Crippen molar-refractivity contribution in [2.24, 2.45) is 12.5 Å².